The average Bonchev–Trinajstić information content (AvgIpc) is 2.87. The number of rotatable bonds is 4. The maximum atomic E-state index is 5.27. The van der Waals surface area contributed by atoms with E-state index in [1.54, 1.807) is 7.11 Å². The van der Waals surface area contributed by atoms with Gasteiger partial charge in [0.05, 0.1) is 12.8 Å². The van der Waals surface area contributed by atoms with E-state index < -0.39 is 0 Å². The first-order valence-corrected chi connectivity index (χ1v) is 7.87. The van der Waals surface area contributed by atoms with E-state index in [2.05, 4.69) is 51.4 Å². The minimum Gasteiger partial charge on any atom is -0.497 e. The number of anilines is 2. The zero-order chi connectivity index (χ0) is 14.8. The van der Waals surface area contributed by atoms with Crippen molar-refractivity contribution in [1.82, 2.24) is 0 Å². The molecule has 0 fully saturated rings. The Hall–Kier alpha value is -1.68. The number of halogens is 1. The van der Waals surface area contributed by atoms with Crippen LogP contribution in [0.4, 0.5) is 11.4 Å². The lowest BCUT2D eigenvalue weighted by Gasteiger charge is -2.13. The summed E-state index contributed by atoms with van der Waals surface area (Å²) in [5.74, 6) is 0.858. The zero-order valence-electron chi connectivity index (χ0n) is 12.3. The quantitative estimate of drug-likeness (QED) is 0.903. The SMILES string of the molecule is COc1ccc(Br)c(NCc2ccc3c(c2)CCN3C)c1. The maximum Gasteiger partial charge on any atom is 0.121 e. The molecule has 0 aromatic heterocycles. The van der Waals surface area contributed by atoms with E-state index in [1.165, 1.54) is 16.8 Å². The lowest BCUT2D eigenvalue weighted by atomic mass is 10.1. The number of methoxy groups -OCH3 is 1. The molecule has 1 heterocycles. The molecule has 1 aliphatic heterocycles. The minimum atomic E-state index is 0.808. The van der Waals surface area contributed by atoms with Gasteiger partial charge in [0.25, 0.3) is 0 Å². The van der Waals surface area contributed by atoms with Crippen LogP contribution in [0.5, 0.6) is 5.75 Å². The molecule has 0 saturated heterocycles. The Balaban J connectivity index is 1.73. The van der Waals surface area contributed by atoms with Crippen LogP contribution in [-0.4, -0.2) is 20.7 Å². The summed E-state index contributed by atoms with van der Waals surface area (Å²) >= 11 is 3.57. The highest BCUT2D eigenvalue weighted by Gasteiger charge is 2.15. The lowest BCUT2D eigenvalue weighted by Crippen LogP contribution is -2.12. The smallest absolute Gasteiger partial charge is 0.121 e. The molecule has 0 amide bonds. The topological polar surface area (TPSA) is 24.5 Å². The molecule has 0 radical (unpaired) electrons. The molecule has 21 heavy (non-hydrogen) atoms. The van der Waals surface area contributed by atoms with Gasteiger partial charge in [-0.3, -0.25) is 0 Å². The molecular formula is C17H19BrN2O. The van der Waals surface area contributed by atoms with Crippen LogP contribution in [-0.2, 0) is 13.0 Å². The summed E-state index contributed by atoms with van der Waals surface area (Å²) < 4.78 is 6.31. The minimum absolute atomic E-state index is 0.808. The lowest BCUT2D eigenvalue weighted by molar-refractivity contribution is 0.415. The van der Waals surface area contributed by atoms with Crippen LogP contribution in [0.1, 0.15) is 11.1 Å². The van der Waals surface area contributed by atoms with E-state index in [9.17, 15) is 0 Å². The number of nitrogens with one attached hydrogen (secondary N) is 1. The summed E-state index contributed by atoms with van der Waals surface area (Å²) in [6, 6.07) is 12.7. The molecule has 0 atom stereocenters. The number of fused-ring (bicyclic) bond motifs is 1. The second-order valence-corrected chi connectivity index (χ2v) is 6.19. The molecule has 3 nitrogen and oxygen atoms in total. The third kappa shape index (κ3) is 3.00. The van der Waals surface area contributed by atoms with Gasteiger partial charge in [0.15, 0.2) is 0 Å². The molecule has 0 bridgehead atoms. The molecule has 0 saturated carbocycles. The predicted octanol–water partition coefficient (Wildman–Crippen LogP) is 4.06. The van der Waals surface area contributed by atoms with Gasteiger partial charge in [0.1, 0.15) is 5.75 Å². The predicted molar refractivity (Wildman–Crippen MR) is 91.4 cm³/mol. The van der Waals surface area contributed by atoms with Crippen LogP contribution in [0.15, 0.2) is 40.9 Å². The highest BCUT2D eigenvalue weighted by molar-refractivity contribution is 9.10. The van der Waals surface area contributed by atoms with E-state index in [0.717, 1.165) is 35.4 Å². The van der Waals surface area contributed by atoms with Crippen molar-refractivity contribution >= 4 is 27.3 Å². The van der Waals surface area contributed by atoms with Gasteiger partial charge in [-0.1, -0.05) is 12.1 Å². The summed E-state index contributed by atoms with van der Waals surface area (Å²) in [7, 11) is 3.83. The third-order valence-corrected chi connectivity index (χ3v) is 4.62. The van der Waals surface area contributed by atoms with Crippen LogP contribution in [0.3, 0.4) is 0 Å². The van der Waals surface area contributed by atoms with Crippen LogP contribution in [0, 0.1) is 0 Å². The molecule has 1 aliphatic rings. The van der Waals surface area contributed by atoms with Crippen molar-refractivity contribution in [3.8, 4) is 5.75 Å². The fourth-order valence-corrected chi connectivity index (χ4v) is 3.08. The van der Waals surface area contributed by atoms with Crippen molar-refractivity contribution in [2.24, 2.45) is 0 Å². The summed E-state index contributed by atoms with van der Waals surface area (Å²) in [6.07, 6.45) is 1.14. The molecule has 0 unspecified atom stereocenters. The van der Waals surface area contributed by atoms with Crippen molar-refractivity contribution < 1.29 is 4.74 Å². The standard InChI is InChI=1S/C17H19BrN2O/c1-20-8-7-13-9-12(3-6-17(13)20)11-19-16-10-14(21-2)4-5-15(16)18/h3-6,9-10,19H,7-8,11H2,1-2H3. The van der Waals surface area contributed by atoms with Crippen LogP contribution in [0.25, 0.3) is 0 Å². The molecule has 1 N–H and O–H groups in total. The Morgan fingerprint density at radius 3 is 2.90 bits per heavy atom. The maximum absolute atomic E-state index is 5.27. The number of ether oxygens (including phenoxy) is 1. The van der Waals surface area contributed by atoms with Crippen molar-refractivity contribution in [1.29, 1.82) is 0 Å². The van der Waals surface area contributed by atoms with Crippen LogP contribution in [0.2, 0.25) is 0 Å². The Morgan fingerprint density at radius 2 is 2.10 bits per heavy atom. The number of hydrogen-bond donors (Lipinski definition) is 1. The Bertz CT molecular complexity index is 657. The van der Waals surface area contributed by atoms with Gasteiger partial charge in [0.2, 0.25) is 0 Å². The van der Waals surface area contributed by atoms with E-state index in [0.29, 0.717) is 0 Å². The molecular weight excluding hydrogens is 328 g/mol. The fourth-order valence-electron chi connectivity index (χ4n) is 2.69. The highest BCUT2D eigenvalue weighted by Crippen LogP contribution is 2.29. The van der Waals surface area contributed by atoms with Gasteiger partial charge in [0, 0.05) is 36.4 Å². The second kappa shape index (κ2) is 5.98. The first-order chi connectivity index (χ1) is 10.2. The number of benzene rings is 2. The molecule has 0 spiro atoms. The van der Waals surface area contributed by atoms with Gasteiger partial charge in [-0.25, -0.2) is 0 Å². The number of nitrogens with zero attached hydrogens (tertiary/aromatic N) is 1. The fraction of sp³-hybridized carbons (Fsp3) is 0.294. The van der Waals surface area contributed by atoms with Gasteiger partial charge < -0.3 is 15.0 Å². The van der Waals surface area contributed by atoms with Gasteiger partial charge in [-0.05, 0) is 51.7 Å². The van der Waals surface area contributed by atoms with Crippen molar-refractivity contribution in [3.05, 3.63) is 52.0 Å². The third-order valence-electron chi connectivity index (χ3n) is 3.93. The van der Waals surface area contributed by atoms with Crippen LogP contribution >= 0.6 is 15.9 Å². The zero-order valence-corrected chi connectivity index (χ0v) is 13.9. The highest BCUT2D eigenvalue weighted by atomic mass is 79.9. The first-order valence-electron chi connectivity index (χ1n) is 7.08. The molecule has 3 rings (SSSR count). The molecule has 4 heteroatoms. The van der Waals surface area contributed by atoms with Crippen molar-refractivity contribution in [2.75, 3.05) is 30.9 Å². The summed E-state index contributed by atoms with van der Waals surface area (Å²) in [6.45, 7) is 1.93. The van der Waals surface area contributed by atoms with Crippen molar-refractivity contribution in [3.63, 3.8) is 0 Å². The molecule has 2 aromatic carbocycles. The molecule has 110 valence electrons. The number of hydrogen-bond acceptors (Lipinski definition) is 3. The normalized spacial score (nSPS) is 13.2. The monoisotopic (exact) mass is 346 g/mol. The van der Waals surface area contributed by atoms with Gasteiger partial charge >= 0.3 is 0 Å². The number of likely N-dealkylation sites (N-methyl/N-ethyl adjacent to an activating group) is 1. The summed E-state index contributed by atoms with van der Waals surface area (Å²) in [5.41, 5.74) is 5.16. The van der Waals surface area contributed by atoms with Crippen molar-refractivity contribution in [2.45, 2.75) is 13.0 Å². The van der Waals surface area contributed by atoms with E-state index in [4.69, 9.17) is 4.74 Å². The molecule has 0 aliphatic carbocycles. The first kappa shape index (κ1) is 14.3. The van der Waals surface area contributed by atoms with Gasteiger partial charge in [-0.2, -0.15) is 0 Å². The second-order valence-electron chi connectivity index (χ2n) is 5.33. The summed E-state index contributed by atoms with van der Waals surface area (Å²) in [5, 5.41) is 3.47. The Morgan fingerprint density at radius 1 is 1.24 bits per heavy atom. The largest absolute Gasteiger partial charge is 0.497 e. The molecule has 2 aromatic rings. The van der Waals surface area contributed by atoms with E-state index in [-0.39, 0.29) is 0 Å². The van der Waals surface area contributed by atoms with Crippen LogP contribution < -0.4 is 15.0 Å². The van der Waals surface area contributed by atoms with Gasteiger partial charge in [-0.15, -0.1) is 0 Å². The summed E-state index contributed by atoms with van der Waals surface area (Å²) in [4.78, 5) is 2.31. The average molecular weight is 347 g/mol. The van der Waals surface area contributed by atoms with E-state index in [1.807, 2.05) is 18.2 Å². The Kier molecular flexibility index (Phi) is 4.06. The Labute approximate surface area is 134 Å². The van der Waals surface area contributed by atoms with E-state index >= 15 is 0 Å².